The molecule has 0 N–H and O–H groups in total. The summed E-state index contributed by atoms with van der Waals surface area (Å²) in [4.78, 5) is 38.2. The number of allylic oxidation sites excluding steroid dienone is 18. The Kier molecular flexibility index (Phi) is 61.3. The van der Waals surface area contributed by atoms with Crippen molar-refractivity contribution in [1.29, 1.82) is 0 Å². The molecule has 0 spiro atoms. The van der Waals surface area contributed by atoms with Gasteiger partial charge in [0, 0.05) is 19.3 Å². The fraction of sp³-hybridized carbons (Fsp3) is 0.704. The van der Waals surface area contributed by atoms with Crippen LogP contribution >= 0.6 is 0 Å². The van der Waals surface area contributed by atoms with Gasteiger partial charge in [0.15, 0.2) is 6.10 Å². The molecule has 0 aliphatic rings. The van der Waals surface area contributed by atoms with Gasteiger partial charge in [0.05, 0.1) is 0 Å². The van der Waals surface area contributed by atoms with E-state index in [0.717, 1.165) is 122 Å². The van der Waals surface area contributed by atoms with Crippen LogP contribution < -0.4 is 0 Å². The van der Waals surface area contributed by atoms with Crippen molar-refractivity contribution in [2.24, 2.45) is 0 Å². The maximum atomic E-state index is 12.9. The van der Waals surface area contributed by atoms with E-state index >= 15 is 0 Å². The molecule has 440 valence electrons. The quantitative estimate of drug-likeness (QED) is 0.0261. The van der Waals surface area contributed by atoms with Gasteiger partial charge in [-0.2, -0.15) is 0 Å². The Labute approximate surface area is 476 Å². The van der Waals surface area contributed by atoms with E-state index in [0.29, 0.717) is 19.3 Å². The monoisotopic (exact) mass is 1070 g/mol. The third-order valence-corrected chi connectivity index (χ3v) is 13.8. The molecule has 0 aromatic carbocycles. The summed E-state index contributed by atoms with van der Waals surface area (Å²) in [5.41, 5.74) is 0. The van der Waals surface area contributed by atoms with Crippen LogP contribution in [0, 0.1) is 0 Å². The highest BCUT2D eigenvalue weighted by molar-refractivity contribution is 5.71. The summed E-state index contributed by atoms with van der Waals surface area (Å²) in [6.45, 7) is 6.41. The smallest absolute Gasteiger partial charge is 0.306 e. The minimum Gasteiger partial charge on any atom is -0.462 e. The van der Waals surface area contributed by atoms with E-state index in [2.05, 4.69) is 130 Å². The third kappa shape index (κ3) is 62.8. The molecular formula is C71H120O6. The Morgan fingerprint density at radius 3 is 0.792 bits per heavy atom. The number of rotatable bonds is 58. The molecule has 6 nitrogen and oxygen atoms in total. The minimum atomic E-state index is -0.781. The predicted octanol–water partition coefficient (Wildman–Crippen LogP) is 22.2. The lowest BCUT2D eigenvalue weighted by Crippen LogP contribution is -2.30. The van der Waals surface area contributed by atoms with Gasteiger partial charge < -0.3 is 14.2 Å². The lowest BCUT2D eigenvalue weighted by atomic mass is 10.0. The van der Waals surface area contributed by atoms with Crippen molar-refractivity contribution >= 4 is 17.9 Å². The van der Waals surface area contributed by atoms with Gasteiger partial charge >= 0.3 is 17.9 Å². The van der Waals surface area contributed by atoms with E-state index in [4.69, 9.17) is 14.2 Å². The normalized spacial score (nSPS) is 12.8. The predicted molar refractivity (Wildman–Crippen MR) is 334 cm³/mol. The molecule has 0 radical (unpaired) electrons. The van der Waals surface area contributed by atoms with Gasteiger partial charge in [-0.3, -0.25) is 14.4 Å². The van der Waals surface area contributed by atoms with E-state index in [1.807, 2.05) is 0 Å². The zero-order valence-corrected chi connectivity index (χ0v) is 50.4. The first-order valence-corrected chi connectivity index (χ1v) is 32.4. The molecule has 0 aromatic heterocycles. The van der Waals surface area contributed by atoms with Crippen molar-refractivity contribution in [2.75, 3.05) is 13.2 Å². The summed E-state index contributed by atoms with van der Waals surface area (Å²) in [6, 6.07) is 0. The molecule has 0 saturated heterocycles. The number of hydrogen-bond donors (Lipinski definition) is 0. The second-order valence-electron chi connectivity index (χ2n) is 21.3. The van der Waals surface area contributed by atoms with Gasteiger partial charge in [0.2, 0.25) is 0 Å². The largest absolute Gasteiger partial charge is 0.462 e. The average Bonchev–Trinajstić information content (AvgIpc) is 3.43. The summed E-state index contributed by atoms with van der Waals surface area (Å²) in [6.07, 6.45) is 88.3. The van der Waals surface area contributed by atoms with Crippen LogP contribution in [0.2, 0.25) is 0 Å². The summed E-state index contributed by atoms with van der Waals surface area (Å²) in [5, 5.41) is 0. The molecule has 0 aliphatic carbocycles. The van der Waals surface area contributed by atoms with Crippen LogP contribution in [0.5, 0.6) is 0 Å². The molecule has 0 saturated carbocycles. The summed E-state index contributed by atoms with van der Waals surface area (Å²) in [7, 11) is 0. The molecule has 0 bridgehead atoms. The van der Waals surface area contributed by atoms with Crippen LogP contribution in [0.4, 0.5) is 0 Å². The van der Waals surface area contributed by atoms with E-state index in [-0.39, 0.29) is 31.1 Å². The Balaban J connectivity index is 4.13. The molecule has 0 rings (SSSR count). The molecular weight excluding hydrogens is 949 g/mol. The first-order valence-electron chi connectivity index (χ1n) is 32.4. The number of carbonyl (C=O) groups is 3. The van der Waals surface area contributed by atoms with Gasteiger partial charge in [0.1, 0.15) is 13.2 Å². The third-order valence-electron chi connectivity index (χ3n) is 13.8. The minimum absolute atomic E-state index is 0.0792. The van der Waals surface area contributed by atoms with Crippen molar-refractivity contribution in [3.05, 3.63) is 109 Å². The molecule has 6 heteroatoms. The van der Waals surface area contributed by atoms with E-state index in [1.54, 1.807) is 0 Å². The van der Waals surface area contributed by atoms with Crippen molar-refractivity contribution in [3.8, 4) is 0 Å². The van der Waals surface area contributed by atoms with Crippen molar-refractivity contribution in [3.63, 3.8) is 0 Å². The molecule has 1 unspecified atom stereocenters. The lowest BCUT2D eigenvalue weighted by molar-refractivity contribution is -0.167. The zero-order valence-electron chi connectivity index (χ0n) is 50.4. The van der Waals surface area contributed by atoms with Crippen LogP contribution in [-0.2, 0) is 28.6 Å². The highest BCUT2D eigenvalue weighted by Crippen LogP contribution is 2.16. The topological polar surface area (TPSA) is 78.9 Å². The van der Waals surface area contributed by atoms with Crippen molar-refractivity contribution in [1.82, 2.24) is 0 Å². The number of esters is 3. The van der Waals surface area contributed by atoms with Crippen LogP contribution in [0.15, 0.2) is 109 Å². The zero-order chi connectivity index (χ0) is 55.7. The molecule has 0 aliphatic heterocycles. The highest BCUT2D eigenvalue weighted by Gasteiger charge is 2.19. The van der Waals surface area contributed by atoms with E-state index in [1.165, 1.54) is 141 Å². The Hall–Kier alpha value is -3.93. The second-order valence-corrected chi connectivity index (χ2v) is 21.3. The van der Waals surface area contributed by atoms with Gasteiger partial charge in [0.25, 0.3) is 0 Å². The summed E-state index contributed by atoms with van der Waals surface area (Å²) >= 11 is 0. The number of unbranched alkanes of at least 4 members (excludes halogenated alkanes) is 29. The molecule has 1 atom stereocenters. The lowest BCUT2D eigenvalue weighted by Gasteiger charge is -2.18. The van der Waals surface area contributed by atoms with Gasteiger partial charge in [-0.05, 0) is 103 Å². The number of hydrogen-bond acceptors (Lipinski definition) is 6. The van der Waals surface area contributed by atoms with Gasteiger partial charge in [-0.1, -0.05) is 291 Å². The molecule has 0 heterocycles. The number of ether oxygens (including phenoxy) is 3. The van der Waals surface area contributed by atoms with E-state index < -0.39 is 6.10 Å². The fourth-order valence-electron chi connectivity index (χ4n) is 8.99. The standard InChI is InChI=1S/C71H120O6/c1-4-7-10-13-16-19-21-23-25-27-28-29-30-31-32-33-34-35-36-37-38-39-40-41-42-44-45-47-49-52-55-58-61-64-70(73)76-67-68(66-75-69(72)63-60-57-54-51-18-15-12-9-6-3)77-71(74)65-62-59-56-53-50-48-46-43-26-24-22-20-17-14-11-8-5-2/h7-8,10-11,16-17,19-20,23-26,28-29,31-32,34-35,68H,4-6,9,12-15,18,21-22,27,30,33,36-67H2,1-3H3/b10-7-,11-8-,19-16-,20-17-,25-23-,26-24-,29-28-,32-31-,35-34-. The Morgan fingerprint density at radius 2 is 0.506 bits per heavy atom. The van der Waals surface area contributed by atoms with Gasteiger partial charge in [-0.15, -0.1) is 0 Å². The summed E-state index contributed by atoms with van der Waals surface area (Å²) in [5.74, 6) is -0.885. The Morgan fingerprint density at radius 1 is 0.273 bits per heavy atom. The fourth-order valence-corrected chi connectivity index (χ4v) is 8.99. The highest BCUT2D eigenvalue weighted by atomic mass is 16.6. The van der Waals surface area contributed by atoms with Crippen LogP contribution in [0.1, 0.15) is 303 Å². The van der Waals surface area contributed by atoms with Crippen molar-refractivity contribution < 1.29 is 28.6 Å². The van der Waals surface area contributed by atoms with Crippen LogP contribution in [0.3, 0.4) is 0 Å². The average molecular weight is 1070 g/mol. The first-order chi connectivity index (χ1) is 38.0. The Bertz CT molecular complexity index is 1560. The SMILES string of the molecule is CC/C=C\C/C=C\C/C=C\C/C=C\C/C=C\C/C=C\CCCCCCCCCCCCCCCCC(=O)OCC(COC(=O)CCCCCCCCCCC)OC(=O)CCCCCCCCC/C=C\C/C=C\C/C=C\CC. The second kappa shape index (κ2) is 64.6. The first kappa shape index (κ1) is 73.1. The molecule has 0 amide bonds. The number of carbonyl (C=O) groups excluding carboxylic acids is 3. The van der Waals surface area contributed by atoms with Gasteiger partial charge in [-0.25, -0.2) is 0 Å². The molecule has 77 heavy (non-hydrogen) atoms. The molecule has 0 aromatic rings. The molecule has 0 fully saturated rings. The van der Waals surface area contributed by atoms with Crippen LogP contribution in [-0.4, -0.2) is 37.2 Å². The van der Waals surface area contributed by atoms with Crippen LogP contribution in [0.25, 0.3) is 0 Å². The maximum Gasteiger partial charge on any atom is 0.306 e. The van der Waals surface area contributed by atoms with E-state index in [9.17, 15) is 14.4 Å². The van der Waals surface area contributed by atoms with Crippen molar-refractivity contribution in [2.45, 2.75) is 309 Å². The summed E-state index contributed by atoms with van der Waals surface area (Å²) < 4.78 is 16.9. The maximum absolute atomic E-state index is 12.9.